The minimum atomic E-state index is -0.709. The Labute approximate surface area is 133 Å². The number of hydrogen-bond acceptors (Lipinski definition) is 2. The van der Waals surface area contributed by atoms with Crippen molar-refractivity contribution in [1.82, 2.24) is 5.32 Å². The molecule has 0 aliphatic heterocycles. The average Bonchev–Trinajstić information content (AvgIpc) is 2.55. The van der Waals surface area contributed by atoms with Crippen LogP contribution >= 0.6 is 0 Å². The standard InChI is InChI=1S/C18H17F2NO2/c1-2-18(22)21-17(15-9-8-13(19)12-16(15)20)10-11-23-14-6-4-3-5-7-14/h2-9,12,17H,1,10-11H2,(H,21,22). The highest BCUT2D eigenvalue weighted by atomic mass is 19.1. The zero-order valence-corrected chi connectivity index (χ0v) is 12.5. The zero-order chi connectivity index (χ0) is 16.7. The smallest absolute Gasteiger partial charge is 0.243 e. The van der Waals surface area contributed by atoms with Crippen molar-refractivity contribution in [3.8, 4) is 5.75 Å². The number of carbonyl (C=O) groups excluding carboxylic acids is 1. The second-order valence-electron chi connectivity index (χ2n) is 4.88. The summed E-state index contributed by atoms with van der Waals surface area (Å²) in [5.41, 5.74) is 0.207. The van der Waals surface area contributed by atoms with Crippen molar-refractivity contribution in [2.24, 2.45) is 0 Å². The molecule has 0 heterocycles. The molecule has 1 N–H and O–H groups in total. The van der Waals surface area contributed by atoms with Crippen LogP contribution in [0, 0.1) is 11.6 Å². The topological polar surface area (TPSA) is 38.3 Å². The summed E-state index contributed by atoms with van der Waals surface area (Å²) in [5, 5.41) is 2.63. The summed E-state index contributed by atoms with van der Waals surface area (Å²) in [5.74, 6) is -1.13. The van der Waals surface area contributed by atoms with Gasteiger partial charge in [0.05, 0.1) is 12.6 Å². The lowest BCUT2D eigenvalue weighted by Crippen LogP contribution is -2.28. The van der Waals surface area contributed by atoms with Crippen LogP contribution in [0.1, 0.15) is 18.0 Å². The van der Waals surface area contributed by atoms with E-state index in [1.165, 1.54) is 6.07 Å². The Balaban J connectivity index is 2.07. The lowest BCUT2D eigenvalue weighted by Gasteiger charge is -2.19. The van der Waals surface area contributed by atoms with E-state index in [0.717, 1.165) is 18.2 Å². The Morgan fingerprint density at radius 3 is 2.61 bits per heavy atom. The largest absolute Gasteiger partial charge is 0.494 e. The van der Waals surface area contributed by atoms with E-state index >= 15 is 0 Å². The molecule has 0 bridgehead atoms. The summed E-state index contributed by atoms with van der Waals surface area (Å²) in [7, 11) is 0. The van der Waals surface area contributed by atoms with Crippen LogP contribution in [0.5, 0.6) is 5.75 Å². The van der Waals surface area contributed by atoms with Gasteiger partial charge < -0.3 is 10.1 Å². The molecule has 0 aromatic heterocycles. The average molecular weight is 317 g/mol. The summed E-state index contributed by atoms with van der Waals surface area (Å²) in [4.78, 5) is 11.5. The van der Waals surface area contributed by atoms with Gasteiger partial charge in [0.1, 0.15) is 17.4 Å². The van der Waals surface area contributed by atoms with Crippen LogP contribution in [0.15, 0.2) is 61.2 Å². The molecule has 2 aromatic rings. The summed E-state index contributed by atoms with van der Waals surface area (Å²) in [6.07, 6.45) is 1.43. The summed E-state index contributed by atoms with van der Waals surface area (Å²) < 4.78 is 32.6. The molecule has 0 radical (unpaired) electrons. The first-order valence-corrected chi connectivity index (χ1v) is 7.16. The van der Waals surface area contributed by atoms with Gasteiger partial charge in [0, 0.05) is 18.1 Å². The van der Waals surface area contributed by atoms with Crippen LogP contribution in [0.25, 0.3) is 0 Å². The highest BCUT2D eigenvalue weighted by molar-refractivity contribution is 5.87. The van der Waals surface area contributed by atoms with E-state index in [1.807, 2.05) is 18.2 Å². The van der Waals surface area contributed by atoms with Crippen molar-refractivity contribution in [2.45, 2.75) is 12.5 Å². The third kappa shape index (κ3) is 4.92. The highest BCUT2D eigenvalue weighted by Crippen LogP contribution is 2.22. The molecule has 0 spiro atoms. The van der Waals surface area contributed by atoms with Crippen LogP contribution in [0.2, 0.25) is 0 Å². The predicted octanol–water partition coefficient (Wildman–Crippen LogP) is 3.78. The van der Waals surface area contributed by atoms with Crippen LogP contribution < -0.4 is 10.1 Å². The molecular formula is C18H17F2NO2. The molecule has 3 nitrogen and oxygen atoms in total. The number of rotatable bonds is 7. The number of amides is 1. The molecule has 1 atom stereocenters. The number of halogens is 2. The van der Waals surface area contributed by atoms with Crippen LogP contribution in [0.3, 0.4) is 0 Å². The van der Waals surface area contributed by atoms with Crippen molar-refractivity contribution in [2.75, 3.05) is 6.61 Å². The quantitative estimate of drug-likeness (QED) is 0.789. The van der Waals surface area contributed by atoms with E-state index in [2.05, 4.69) is 11.9 Å². The number of nitrogens with one attached hydrogen (secondary N) is 1. The van der Waals surface area contributed by atoms with Crippen molar-refractivity contribution in [3.63, 3.8) is 0 Å². The van der Waals surface area contributed by atoms with E-state index in [9.17, 15) is 13.6 Å². The molecule has 1 unspecified atom stereocenters. The van der Waals surface area contributed by atoms with Crippen LogP contribution in [0.4, 0.5) is 8.78 Å². The molecule has 0 aliphatic rings. The van der Waals surface area contributed by atoms with Crippen molar-refractivity contribution in [3.05, 3.63) is 78.4 Å². The van der Waals surface area contributed by atoms with Gasteiger partial charge in [-0.3, -0.25) is 4.79 Å². The maximum absolute atomic E-state index is 13.9. The molecule has 23 heavy (non-hydrogen) atoms. The fourth-order valence-electron chi connectivity index (χ4n) is 2.13. The third-order valence-electron chi connectivity index (χ3n) is 3.26. The SMILES string of the molecule is C=CC(=O)NC(CCOc1ccccc1)c1ccc(F)cc1F. The molecule has 1 amide bonds. The lowest BCUT2D eigenvalue weighted by molar-refractivity contribution is -0.117. The van der Waals surface area contributed by atoms with Gasteiger partial charge in [-0.05, 0) is 24.3 Å². The fourth-order valence-corrected chi connectivity index (χ4v) is 2.13. The highest BCUT2D eigenvalue weighted by Gasteiger charge is 2.18. The maximum atomic E-state index is 13.9. The zero-order valence-electron chi connectivity index (χ0n) is 12.5. The van der Waals surface area contributed by atoms with Crippen LogP contribution in [-0.2, 0) is 4.79 Å². The van der Waals surface area contributed by atoms with Gasteiger partial charge in [-0.2, -0.15) is 0 Å². The molecule has 2 aromatic carbocycles. The number of ether oxygens (including phenoxy) is 1. The van der Waals surface area contributed by atoms with E-state index in [-0.39, 0.29) is 12.2 Å². The van der Waals surface area contributed by atoms with Gasteiger partial charge in [-0.15, -0.1) is 0 Å². The van der Waals surface area contributed by atoms with Gasteiger partial charge in [0.2, 0.25) is 5.91 Å². The summed E-state index contributed by atoms with van der Waals surface area (Å²) >= 11 is 0. The van der Waals surface area contributed by atoms with E-state index < -0.39 is 23.6 Å². The van der Waals surface area contributed by atoms with Gasteiger partial charge in [0.15, 0.2) is 0 Å². The first-order chi connectivity index (χ1) is 11.1. The third-order valence-corrected chi connectivity index (χ3v) is 3.26. The Bertz CT molecular complexity index is 674. The number of benzene rings is 2. The number of para-hydroxylation sites is 1. The molecule has 0 fully saturated rings. The summed E-state index contributed by atoms with van der Waals surface area (Å²) in [6, 6.07) is 11.8. The second-order valence-corrected chi connectivity index (χ2v) is 4.88. The molecule has 2 rings (SSSR count). The molecule has 120 valence electrons. The molecule has 5 heteroatoms. The monoisotopic (exact) mass is 317 g/mol. The lowest BCUT2D eigenvalue weighted by atomic mass is 10.0. The van der Waals surface area contributed by atoms with E-state index in [4.69, 9.17) is 4.74 Å². The fraction of sp³-hybridized carbons (Fsp3) is 0.167. The van der Waals surface area contributed by atoms with E-state index in [1.54, 1.807) is 12.1 Å². The van der Waals surface area contributed by atoms with Crippen molar-refractivity contribution in [1.29, 1.82) is 0 Å². The second kappa shape index (κ2) is 8.08. The van der Waals surface area contributed by atoms with Crippen molar-refractivity contribution >= 4 is 5.91 Å². The Kier molecular flexibility index (Phi) is 5.86. The minimum absolute atomic E-state index is 0.207. The predicted molar refractivity (Wildman–Crippen MR) is 84.0 cm³/mol. The number of hydrogen-bond donors (Lipinski definition) is 1. The Hall–Kier alpha value is -2.69. The Morgan fingerprint density at radius 1 is 1.22 bits per heavy atom. The van der Waals surface area contributed by atoms with Gasteiger partial charge in [0.25, 0.3) is 0 Å². The number of carbonyl (C=O) groups is 1. The molecule has 0 aliphatic carbocycles. The van der Waals surface area contributed by atoms with Crippen LogP contribution in [-0.4, -0.2) is 12.5 Å². The van der Waals surface area contributed by atoms with Gasteiger partial charge >= 0.3 is 0 Å². The Morgan fingerprint density at radius 2 is 1.96 bits per heavy atom. The minimum Gasteiger partial charge on any atom is -0.494 e. The van der Waals surface area contributed by atoms with Gasteiger partial charge in [-0.1, -0.05) is 30.8 Å². The van der Waals surface area contributed by atoms with Crippen molar-refractivity contribution < 1.29 is 18.3 Å². The molecule has 0 saturated carbocycles. The van der Waals surface area contributed by atoms with E-state index in [0.29, 0.717) is 12.2 Å². The molecular weight excluding hydrogens is 300 g/mol. The first-order valence-electron chi connectivity index (χ1n) is 7.16. The first kappa shape index (κ1) is 16.7. The normalized spacial score (nSPS) is 11.6. The van der Waals surface area contributed by atoms with Gasteiger partial charge in [-0.25, -0.2) is 8.78 Å². The maximum Gasteiger partial charge on any atom is 0.243 e. The summed E-state index contributed by atoms with van der Waals surface area (Å²) in [6.45, 7) is 3.64. The molecule has 0 saturated heterocycles.